The molecule has 2 rings (SSSR count). The van der Waals surface area contributed by atoms with Crippen molar-refractivity contribution in [2.24, 2.45) is 0 Å². The van der Waals surface area contributed by atoms with Gasteiger partial charge in [-0.1, -0.05) is 6.07 Å². The zero-order valence-corrected chi connectivity index (χ0v) is 9.30. The Kier molecular flexibility index (Phi) is 3.40. The molecule has 0 fully saturated rings. The molecule has 0 unspecified atom stereocenters. The van der Waals surface area contributed by atoms with Gasteiger partial charge in [-0.15, -0.1) is 0 Å². The number of nitrogens with zero attached hydrogens (tertiary/aromatic N) is 2. The zero-order chi connectivity index (χ0) is 12.1. The molecule has 0 aliphatic heterocycles. The number of nitrogens with one attached hydrogen (secondary N) is 1. The van der Waals surface area contributed by atoms with Crippen LogP contribution in [0.25, 0.3) is 0 Å². The molecular formula is C12H14N4O. The third-order valence-corrected chi connectivity index (χ3v) is 2.25. The van der Waals surface area contributed by atoms with Gasteiger partial charge in [0.1, 0.15) is 11.6 Å². The number of rotatable bonds is 4. The van der Waals surface area contributed by atoms with Crippen molar-refractivity contribution < 1.29 is 5.11 Å². The summed E-state index contributed by atoms with van der Waals surface area (Å²) in [4.78, 5) is 8.20. The lowest BCUT2D eigenvalue weighted by molar-refractivity contribution is 0.475. The summed E-state index contributed by atoms with van der Waals surface area (Å²) in [6, 6.07) is 6.99. The monoisotopic (exact) mass is 230 g/mol. The Morgan fingerprint density at radius 3 is 2.71 bits per heavy atom. The van der Waals surface area contributed by atoms with E-state index in [1.165, 1.54) is 0 Å². The average Bonchev–Trinajstić information content (AvgIpc) is 2.32. The van der Waals surface area contributed by atoms with E-state index in [-0.39, 0.29) is 5.75 Å². The van der Waals surface area contributed by atoms with Gasteiger partial charge in [0.15, 0.2) is 0 Å². The average molecular weight is 230 g/mol. The number of aromatic hydroxyl groups is 1. The highest BCUT2D eigenvalue weighted by molar-refractivity contribution is 5.47. The van der Waals surface area contributed by atoms with Gasteiger partial charge in [0.25, 0.3) is 0 Å². The molecule has 5 nitrogen and oxygen atoms in total. The molecule has 1 heterocycles. The number of nitrogens with two attached hydrogens (primary N) is 1. The van der Waals surface area contributed by atoms with E-state index in [9.17, 15) is 5.11 Å². The number of hydrogen-bond donors (Lipinski definition) is 3. The highest BCUT2D eigenvalue weighted by Gasteiger charge is 1.97. The number of nitrogen functional groups attached to an aromatic ring is 1. The summed E-state index contributed by atoms with van der Waals surface area (Å²) >= 11 is 0. The van der Waals surface area contributed by atoms with Crippen LogP contribution in [-0.4, -0.2) is 21.6 Å². The van der Waals surface area contributed by atoms with Crippen molar-refractivity contribution in [2.75, 3.05) is 17.6 Å². The lowest BCUT2D eigenvalue weighted by atomic mass is 10.3. The smallest absolute Gasteiger partial charge is 0.130 e. The van der Waals surface area contributed by atoms with Gasteiger partial charge in [-0.3, -0.25) is 0 Å². The quantitative estimate of drug-likeness (QED) is 0.739. The number of hydrogen-bond acceptors (Lipinski definition) is 5. The molecule has 0 bridgehead atoms. The van der Waals surface area contributed by atoms with E-state index in [1.54, 1.807) is 30.6 Å². The number of anilines is 2. The van der Waals surface area contributed by atoms with Crippen molar-refractivity contribution in [3.8, 4) is 5.75 Å². The Morgan fingerprint density at radius 1 is 1.24 bits per heavy atom. The van der Waals surface area contributed by atoms with E-state index in [1.807, 2.05) is 6.07 Å². The minimum absolute atomic E-state index is 0.249. The fraction of sp³-hybridized carbons (Fsp3) is 0.167. The van der Waals surface area contributed by atoms with Crippen molar-refractivity contribution >= 4 is 11.4 Å². The number of phenolic OH excluding ortho intramolecular Hbond substituents is 1. The predicted octanol–water partition coefficient (Wildman–Crippen LogP) is 1.42. The lowest BCUT2D eigenvalue weighted by Crippen LogP contribution is -2.07. The lowest BCUT2D eigenvalue weighted by Gasteiger charge is -2.05. The second-order valence-corrected chi connectivity index (χ2v) is 3.66. The van der Waals surface area contributed by atoms with E-state index in [0.717, 1.165) is 11.5 Å². The third-order valence-electron chi connectivity index (χ3n) is 2.25. The molecule has 17 heavy (non-hydrogen) atoms. The topological polar surface area (TPSA) is 84.1 Å². The summed E-state index contributed by atoms with van der Waals surface area (Å²) in [7, 11) is 0. The second-order valence-electron chi connectivity index (χ2n) is 3.66. The van der Waals surface area contributed by atoms with Crippen molar-refractivity contribution in [2.45, 2.75) is 6.42 Å². The van der Waals surface area contributed by atoms with E-state index < -0.39 is 0 Å². The van der Waals surface area contributed by atoms with Gasteiger partial charge in [0.05, 0.1) is 18.1 Å². The van der Waals surface area contributed by atoms with Crippen molar-refractivity contribution in [3.63, 3.8) is 0 Å². The van der Waals surface area contributed by atoms with Gasteiger partial charge in [-0.05, 0) is 12.1 Å². The molecule has 88 valence electrons. The van der Waals surface area contributed by atoms with Crippen LogP contribution >= 0.6 is 0 Å². The summed E-state index contributed by atoms with van der Waals surface area (Å²) in [6.45, 7) is 0.702. The normalized spacial score (nSPS) is 10.1. The van der Waals surface area contributed by atoms with Crippen LogP contribution in [0.3, 0.4) is 0 Å². The number of aromatic nitrogens is 2. The molecule has 4 N–H and O–H groups in total. The molecule has 2 aromatic rings. The molecule has 0 aliphatic rings. The largest absolute Gasteiger partial charge is 0.508 e. The Labute approximate surface area is 99.3 Å². The molecule has 0 aliphatic carbocycles. The molecule has 5 heteroatoms. The fourth-order valence-electron chi connectivity index (χ4n) is 1.43. The first kappa shape index (κ1) is 11.2. The summed E-state index contributed by atoms with van der Waals surface area (Å²) in [5, 5.41) is 12.5. The van der Waals surface area contributed by atoms with Crippen molar-refractivity contribution in [1.82, 2.24) is 9.97 Å². The van der Waals surface area contributed by atoms with Crippen LogP contribution in [0.4, 0.5) is 11.4 Å². The van der Waals surface area contributed by atoms with Gasteiger partial charge in [-0.2, -0.15) is 0 Å². The van der Waals surface area contributed by atoms with Crippen LogP contribution in [-0.2, 0) is 6.42 Å². The molecule has 0 spiro atoms. The van der Waals surface area contributed by atoms with Crippen LogP contribution in [0, 0.1) is 0 Å². The summed E-state index contributed by atoms with van der Waals surface area (Å²) < 4.78 is 0. The maximum atomic E-state index is 9.28. The van der Waals surface area contributed by atoms with Gasteiger partial charge in [-0.25, -0.2) is 9.97 Å². The minimum atomic E-state index is 0.249. The van der Waals surface area contributed by atoms with Crippen LogP contribution in [0.2, 0.25) is 0 Å². The molecule has 0 saturated heterocycles. The molecule has 0 atom stereocenters. The van der Waals surface area contributed by atoms with Gasteiger partial charge in [0.2, 0.25) is 0 Å². The SMILES string of the molecule is Nc1cnc(CCNc2cccc(O)c2)nc1. The second kappa shape index (κ2) is 5.16. The molecule has 0 amide bonds. The first-order valence-corrected chi connectivity index (χ1v) is 5.33. The number of benzene rings is 1. The van der Waals surface area contributed by atoms with Crippen LogP contribution in [0.15, 0.2) is 36.7 Å². The summed E-state index contributed by atoms with van der Waals surface area (Å²) in [5.41, 5.74) is 6.93. The molecule has 0 saturated carbocycles. The third kappa shape index (κ3) is 3.34. The Bertz CT molecular complexity index is 484. The maximum absolute atomic E-state index is 9.28. The summed E-state index contributed by atoms with van der Waals surface area (Å²) in [6.07, 6.45) is 3.89. The van der Waals surface area contributed by atoms with Crippen molar-refractivity contribution in [3.05, 3.63) is 42.5 Å². The van der Waals surface area contributed by atoms with Crippen LogP contribution < -0.4 is 11.1 Å². The van der Waals surface area contributed by atoms with Gasteiger partial charge >= 0.3 is 0 Å². The Morgan fingerprint density at radius 2 is 2.00 bits per heavy atom. The van der Waals surface area contributed by atoms with E-state index in [4.69, 9.17) is 5.73 Å². The first-order valence-electron chi connectivity index (χ1n) is 5.33. The van der Waals surface area contributed by atoms with E-state index in [2.05, 4.69) is 15.3 Å². The Hall–Kier alpha value is -2.30. The zero-order valence-electron chi connectivity index (χ0n) is 9.30. The van der Waals surface area contributed by atoms with E-state index >= 15 is 0 Å². The molecule has 1 aromatic carbocycles. The minimum Gasteiger partial charge on any atom is -0.508 e. The van der Waals surface area contributed by atoms with Crippen molar-refractivity contribution in [1.29, 1.82) is 0 Å². The Balaban J connectivity index is 1.85. The standard InChI is InChI=1S/C12H14N4O/c13-9-7-15-12(16-8-9)4-5-14-10-2-1-3-11(17)6-10/h1-3,6-8,14,17H,4-5,13H2. The highest BCUT2D eigenvalue weighted by Crippen LogP contribution is 2.14. The van der Waals surface area contributed by atoms with Gasteiger partial charge in [0, 0.05) is 24.7 Å². The van der Waals surface area contributed by atoms with Crippen LogP contribution in [0.1, 0.15) is 5.82 Å². The molecular weight excluding hydrogens is 216 g/mol. The van der Waals surface area contributed by atoms with E-state index in [0.29, 0.717) is 18.7 Å². The number of phenols is 1. The molecule has 1 aromatic heterocycles. The highest BCUT2D eigenvalue weighted by atomic mass is 16.3. The first-order chi connectivity index (χ1) is 8.24. The maximum Gasteiger partial charge on any atom is 0.130 e. The van der Waals surface area contributed by atoms with Crippen LogP contribution in [0.5, 0.6) is 5.75 Å². The summed E-state index contributed by atoms with van der Waals surface area (Å²) in [5.74, 6) is 0.991. The predicted molar refractivity (Wildman–Crippen MR) is 66.7 cm³/mol. The fourth-order valence-corrected chi connectivity index (χ4v) is 1.43. The van der Waals surface area contributed by atoms with Gasteiger partial charge < -0.3 is 16.2 Å². The molecule has 0 radical (unpaired) electrons.